The number of hydrogen-bond donors (Lipinski definition) is 2. The van der Waals surface area contributed by atoms with Crippen LogP contribution in [0.1, 0.15) is 4.11 Å². The van der Waals surface area contributed by atoms with E-state index in [9.17, 15) is 0 Å². The normalized spacial score (nSPS) is 13.5. The molecular weight excluding hydrogens is 308 g/mol. The molecule has 3 N–H and O–H groups in total. The van der Waals surface area contributed by atoms with E-state index in [1.54, 1.807) is 36.0 Å². The second kappa shape index (κ2) is 5.30. The molecule has 0 fully saturated rings. The van der Waals surface area contributed by atoms with Crippen LogP contribution in [-0.2, 0) is 0 Å². The number of nitrogens with one attached hydrogen (secondary N) is 1. The Morgan fingerprint density at radius 1 is 1.33 bits per heavy atom. The smallest absolute Gasteiger partial charge is 0.184 e. The van der Waals surface area contributed by atoms with Crippen LogP contribution < -0.4 is 15.8 Å². The number of nitrogens with two attached hydrogens (primary N) is 1. The summed E-state index contributed by atoms with van der Waals surface area (Å²) in [7, 11) is 1.56. The van der Waals surface area contributed by atoms with Crippen LogP contribution >= 0.6 is 0 Å². The van der Waals surface area contributed by atoms with Crippen molar-refractivity contribution in [3.63, 3.8) is 0 Å². The van der Waals surface area contributed by atoms with Crippen LogP contribution in [0, 0.1) is 0 Å². The van der Waals surface area contributed by atoms with Gasteiger partial charge in [0, 0.05) is 28.2 Å². The molecule has 9 nitrogen and oxygen atoms in total. The van der Waals surface area contributed by atoms with Gasteiger partial charge >= 0.3 is 0 Å². The first-order chi connectivity index (χ1) is 12.8. The molecule has 4 rings (SSSR count). The van der Waals surface area contributed by atoms with Crippen molar-refractivity contribution in [2.75, 3.05) is 25.1 Å². The number of methoxy groups -OCH3 is 1. The Bertz CT molecular complexity index is 1160. The van der Waals surface area contributed by atoms with Gasteiger partial charge in [0.05, 0.1) is 13.3 Å². The molecule has 0 aliphatic rings. The lowest BCUT2D eigenvalue weighted by atomic mass is 10.1. The molecular formula is C15H14N8O. The Balaban J connectivity index is 1.91. The van der Waals surface area contributed by atoms with Crippen LogP contribution in [0.5, 0.6) is 5.75 Å². The van der Waals surface area contributed by atoms with Gasteiger partial charge < -0.3 is 15.8 Å². The molecule has 0 spiro atoms. The summed E-state index contributed by atoms with van der Waals surface area (Å²) in [5.41, 5.74) is 7.19. The predicted molar refractivity (Wildman–Crippen MR) is 89.8 cm³/mol. The first kappa shape index (κ1) is 11.1. The summed E-state index contributed by atoms with van der Waals surface area (Å²) in [5.74, 6) is 1.27. The number of fused-ring (bicyclic) bond motifs is 2. The molecule has 0 aromatic carbocycles. The molecule has 0 amide bonds. The minimum atomic E-state index is -2.43. The van der Waals surface area contributed by atoms with Gasteiger partial charge in [-0.15, -0.1) is 15.3 Å². The topological polar surface area (TPSA) is 116 Å². The largest absolute Gasteiger partial charge is 0.495 e. The van der Waals surface area contributed by atoms with Gasteiger partial charge in [0.1, 0.15) is 17.1 Å². The molecule has 0 saturated carbocycles. The third kappa shape index (κ3) is 2.14. The molecule has 9 heteroatoms. The van der Waals surface area contributed by atoms with E-state index in [0.717, 1.165) is 0 Å². The summed E-state index contributed by atoms with van der Waals surface area (Å²) in [6.07, 6.45) is 3.17. The maximum Gasteiger partial charge on any atom is 0.184 e. The molecule has 0 unspecified atom stereocenters. The van der Waals surface area contributed by atoms with Crippen LogP contribution in [0.15, 0.2) is 30.6 Å². The number of nitrogens with zero attached hydrogens (tertiary/aromatic N) is 6. The Kier molecular flexibility index (Phi) is 2.45. The van der Waals surface area contributed by atoms with Crippen molar-refractivity contribution < 1.29 is 8.85 Å². The zero-order valence-electron chi connectivity index (χ0n) is 15.6. The molecule has 0 atom stereocenters. The van der Waals surface area contributed by atoms with Gasteiger partial charge in [-0.05, 0) is 18.2 Å². The van der Waals surface area contributed by atoms with E-state index in [1.165, 1.54) is 6.20 Å². The SMILES string of the molecule is [2H]C([2H])([2H])Nc1ncc(-c2nc3ccc(OC)cn3n2)c2cc(N)nnc12. The van der Waals surface area contributed by atoms with Crippen LogP contribution in [0.3, 0.4) is 0 Å². The Hall–Kier alpha value is -3.49. The van der Waals surface area contributed by atoms with E-state index >= 15 is 0 Å². The third-order valence-electron chi connectivity index (χ3n) is 3.55. The fourth-order valence-electron chi connectivity index (χ4n) is 2.42. The number of nitrogen functional groups attached to an aromatic ring is 1. The lowest BCUT2D eigenvalue weighted by molar-refractivity contribution is 0.411. The van der Waals surface area contributed by atoms with E-state index in [4.69, 9.17) is 14.6 Å². The summed E-state index contributed by atoms with van der Waals surface area (Å²) in [6, 6.07) is 5.12. The first-order valence-corrected chi connectivity index (χ1v) is 6.95. The van der Waals surface area contributed by atoms with Gasteiger partial charge in [-0.2, -0.15) is 0 Å². The van der Waals surface area contributed by atoms with Crippen molar-refractivity contribution in [1.29, 1.82) is 0 Å². The molecule has 120 valence electrons. The Morgan fingerprint density at radius 2 is 2.25 bits per heavy atom. The monoisotopic (exact) mass is 325 g/mol. The number of hydrogen-bond acceptors (Lipinski definition) is 8. The minimum Gasteiger partial charge on any atom is -0.495 e. The predicted octanol–water partition coefficient (Wildman–Crippen LogP) is 1.37. The van der Waals surface area contributed by atoms with Crippen LogP contribution in [0.4, 0.5) is 11.6 Å². The van der Waals surface area contributed by atoms with E-state index in [0.29, 0.717) is 28.2 Å². The minimum absolute atomic E-state index is 0.0756. The first-order valence-electron chi connectivity index (χ1n) is 8.45. The number of pyridine rings is 2. The second-order valence-electron chi connectivity index (χ2n) is 4.98. The average Bonchev–Trinajstić information content (AvgIpc) is 3.03. The summed E-state index contributed by atoms with van der Waals surface area (Å²) in [4.78, 5) is 8.65. The number of anilines is 2. The van der Waals surface area contributed by atoms with E-state index in [2.05, 4.69) is 30.6 Å². The van der Waals surface area contributed by atoms with Crippen molar-refractivity contribution in [3.8, 4) is 17.1 Å². The fraction of sp³-hybridized carbons (Fsp3) is 0.133. The van der Waals surface area contributed by atoms with Gasteiger partial charge in [-0.3, -0.25) is 0 Å². The lowest BCUT2D eigenvalue weighted by Gasteiger charge is -2.07. The van der Waals surface area contributed by atoms with Gasteiger partial charge in [-0.1, -0.05) is 0 Å². The van der Waals surface area contributed by atoms with E-state index in [-0.39, 0.29) is 17.2 Å². The van der Waals surface area contributed by atoms with Crippen LogP contribution in [0.2, 0.25) is 0 Å². The lowest BCUT2D eigenvalue weighted by Crippen LogP contribution is -2.00. The van der Waals surface area contributed by atoms with Gasteiger partial charge in [0.15, 0.2) is 17.3 Å². The highest BCUT2D eigenvalue weighted by atomic mass is 16.5. The molecule has 0 aliphatic carbocycles. The van der Waals surface area contributed by atoms with Crippen molar-refractivity contribution in [1.82, 2.24) is 29.8 Å². The van der Waals surface area contributed by atoms with Crippen molar-refractivity contribution in [3.05, 3.63) is 30.6 Å². The van der Waals surface area contributed by atoms with Crippen LogP contribution in [-0.4, -0.2) is 43.9 Å². The Morgan fingerprint density at radius 3 is 3.08 bits per heavy atom. The third-order valence-corrected chi connectivity index (χ3v) is 3.55. The molecule has 4 aromatic rings. The molecule has 24 heavy (non-hydrogen) atoms. The standard InChI is InChI=1S/C15H14N8O/c1-17-15-13-9(5-11(16)20-21-13)10(6-18-15)14-19-12-4-3-8(24-2)7-23(12)22-14/h3-7H,1-2H3,(H2,16,20)(H,17,18)/i1D3. The highest BCUT2D eigenvalue weighted by molar-refractivity contribution is 5.98. The summed E-state index contributed by atoms with van der Waals surface area (Å²) >= 11 is 0. The second-order valence-corrected chi connectivity index (χ2v) is 4.98. The number of rotatable bonds is 3. The quantitative estimate of drug-likeness (QED) is 0.580. The Labute approximate surface area is 140 Å². The maximum atomic E-state index is 7.39. The molecule has 4 aromatic heterocycles. The van der Waals surface area contributed by atoms with Gasteiger partial charge in [0.25, 0.3) is 0 Å². The number of ether oxygens (including phenoxy) is 1. The van der Waals surface area contributed by atoms with Gasteiger partial charge in [0.2, 0.25) is 0 Å². The molecule has 0 aliphatic heterocycles. The zero-order chi connectivity index (χ0) is 19.2. The van der Waals surface area contributed by atoms with Crippen molar-refractivity contribution >= 4 is 28.2 Å². The number of aromatic nitrogens is 6. The zero-order valence-corrected chi connectivity index (χ0v) is 12.6. The van der Waals surface area contributed by atoms with Gasteiger partial charge in [-0.25, -0.2) is 14.5 Å². The van der Waals surface area contributed by atoms with E-state index < -0.39 is 6.98 Å². The molecule has 0 saturated heterocycles. The van der Waals surface area contributed by atoms with Crippen molar-refractivity contribution in [2.45, 2.75) is 0 Å². The highest BCUT2D eigenvalue weighted by Crippen LogP contribution is 2.29. The molecule has 0 bridgehead atoms. The molecule has 0 radical (unpaired) electrons. The highest BCUT2D eigenvalue weighted by Gasteiger charge is 2.15. The molecule has 4 heterocycles. The van der Waals surface area contributed by atoms with E-state index in [1.807, 2.05) is 0 Å². The summed E-state index contributed by atoms with van der Waals surface area (Å²) < 4.78 is 28.9. The fourth-order valence-corrected chi connectivity index (χ4v) is 2.42. The summed E-state index contributed by atoms with van der Waals surface area (Å²) in [6.45, 7) is -2.43. The maximum absolute atomic E-state index is 7.39. The average molecular weight is 325 g/mol. The summed E-state index contributed by atoms with van der Waals surface area (Å²) in [5, 5.41) is 15.1. The van der Waals surface area contributed by atoms with Crippen molar-refractivity contribution in [2.24, 2.45) is 0 Å². The van der Waals surface area contributed by atoms with Crippen LogP contribution in [0.25, 0.3) is 27.9 Å².